The number of nitrogens with zero attached hydrogens (tertiary/aromatic N) is 1. The first-order valence-corrected chi connectivity index (χ1v) is 9.09. The predicted molar refractivity (Wildman–Crippen MR) is 80.3 cm³/mol. The van der Waals surface area contributed by atoms with E-state index in [4.69, 9.17) is 0 Å². The molecule has 0 saturated heterocycles. The monoisotopic (exact) mass is 297 g/mol. The second-order valence-electron chi connectivity index (χ2n) is 5.80. The van der Waals surface area contributed by atoms with Crippen molar-refractivity contribution in [1.82, 2.24) is 4.90 Å². The molecule has 1 aromatic rings. The third-order valence-electron chi connectivity index (χ3n) is 3.69. The Hall–Kier alpha value is -0.910. The fourth-order valence-corrected chi connectivity index (χ4v) is 3.68. The van der Waals surface area contributed by atoms with Crippen LogP contribution >= 0.6 is 0 Å². The predicted octanol–water partition coefficient (Wildman–Crippen LogP) is 1.62. The summed E-state index contributed by atoms with van der Waals surface area (Å²) < 4.78 is 22.9. The van der Waals surface area contributed by atoms with Gasteiger partial charge in [-0.2, -0.15) is 0 Å². The van der Waals surface area contributed by atoms with Gasteiger partial charge in [-0.15, -0.1) is 0 Å². The minimum Gasteiger partial charge on any atom is -0.387 e. The van der Waals surface area contributed by atoms with E-state index in [9.17, 15) is 13.5 Å². The van der Waals surface area contributed by atoms with Crippen LogP contribution in [0.25, 0.3) is 0 Å². The summed E-state index contributed by atoms with van der Waals surface area (Å²) in [7, 11) is -3.00. The summed E-state index contributed by atoms with van der Waals surface area (Å²) in [6, 6.07) is 9.88. The Morgan fingerprint density at radius 1 is 1.30 bits per heavy atom. The van der Waals surface area contributed by atoms with Gasteiger partial charge in [0.1, 0.15) is 9.84 Å². The van der Waals surface area contributed by atoms with Gasteiger partial charge in [0.25, 0.3) is 0 Å². The van der Waals surface area contributed by atoms with E-state index in [1.54, 1.807) is 0 Å². The number of aliphatic hydroxyl groups excluding tert-OH is 1. The molecule has 2 unspecified atom stereocenters. The van der Waals surface area contributed by atoms with Crippen LogP contribution in [-0.2, 0) is 9.84 Å². The molecule has 0 aliphatic heterocycles. The zero-order chi connectivity index (χ0) is 14.8. The van der Waals surface area contributed by atoms with Crippen molar-refractivity contribution in [2.75, 3.05) is 18.6 Å². The van der Waals surface area contributed by atoms with E-state index in [2.05, 4.69) is 4.90 Å². The van der Waals surface area contributed by atoms with Crippen molar-refractivity contribution in [3.8, 4) is 0 Å². The van der Waals surface area contributed by atoms with E-state index in [0.717, 1.165) is 18.4 Å². The first kappa shape index (κ1) is 15.5. The quantitative estimate of drug-likeness (QED) is 0.831. The highest BCUT2D eigenvalue weighted by molar-refractivity contribution is 7.90. The van der Waals surface area contributed by atoms with Crippen LogP contribution in [0.2, 0.25) is 0 Å². The lowest BCUT2D eigenvalue weighted by molar-refractivity contribution is 0.0911. The normalized spacial score (nSPS) is 19.0. The van der Waals surface area contributed by atoms with Crippen LogP contribution in [0.5, 0.6) is 0 Å². The maximum absolute atomic E-state index is 11.5. The van der Waals surface area contributed by atoms with Gasteiger partial charge in [-0.25, -0.2) is 8.42 Å². The van der Waals surface area contributed by atoms with Crippen LogP contribution in [0.1, 0.15) is 31.4 Å². The molecule has 0 radical (unpaired) electrons. The van der Waals surface area contributed by atoms with Gasteiger partial charge >= 0.3 is 0 Å². The smallest absolute Gasteiger partial charge is 0.148 e. The molecule has 4 nitrogen and oxygen atoms in total. The summed E-state index contributed by atoms with van der Waals surface area (Å²) in [5, 5.41) is 10.3. The molecule has 112 valence electrons. The fraction of sp³-hybridized carbons (Fsp3) is 0.600. The Balaban J connectivity index is 2.02. The lowest BCUT2D eigenvalue weighted by Gasteiger charge is -2.30. The molecule has 0 heterocycles. The van der Waals surface area contributed by atoms with Crippen LogP contribution in [0, 0.1) is 0 Å². The zero-order valence-corrected chi connectivity index (χ0v) is 12.9. The van der Waals surface area contributed by atoms with E-state index >= 15 is 0 Å². The molecule has 1 aromatic carbocycles. The van der Waals surface area contributed by atoms with Gasteiger partial charge in [0.05, 0.1) is 11.9 Å². The minimum atomic E-state index is -3.00. The number of aliphatic hydroxyl groups is 1. The van der Waals surface area contributed by atoms with E-state index in [-0.39, 0.29) is 11.8 Å². The molecule has 2 atom stereocenters. The Bertz CT molecular complexity index is 525. The molecule has 5 heteroatoms. The molecule has 1 N–H and O–H groups in total. The molecule has 1 fully saturated rings. The Morgan fingerprint density at radius 2 is 1.90 bits per heavy atom. The average Bonchev–Trinajstić information content (AvgIpc) is 3.18. The summed E-state index contributed by atoms with van der Waals surface area (Å²) in [4.78, 5) is 2.14. The van der Waals surface area contributed by atoms with Gasteiger partial charge in [0.2, 0.25) is 0 Å². The Kier molecular flexibility index (Phi) is 4.83. The summed E-state index contributed by atoms with van der Waals surface area (Å²) in [5.41, 5.74) is 0.879. The second kappa shape index (κ2) is 6.24. The molecular formula is C15H23NO3S. The second-order valence-corrected chi connectivity index (χ2v) is 7.98. The van der Waals surface area contributed by atoms with Crippen LogP contribution in [-0.4, -0.2) is 49.1 Å². The van der Waals surface area contributed by atoms with Crippen molar-refractivity contribution in [3.05, 3.63) is 35.9 Å². The number of hydrogen-bond donors (Lipinski definition) is 1. The van der Waals surface area contributed by atoms with Gasteiger partial charge in [-0.05, 0) is 25.3 Å². The van der Waals surface area contributed by atoms with Crippen LogP contribution in [0.3, 0.4) is 0 Å². The standard InChI is InChI=1S/C15H23NO3S/c1-12(11-20(2,18)19)16(14-8-9-14)10-15(17)13-6-4-3-5-7-13/h3-7,12,14-15,17H,8-11H2,1-2H3. The zero-order valence-electron chi connectivity index (χ0n) is 12.1. The lowest BCUT2D eigenvalue weighted by atomic mass is 10.1. The molecule has 1 aliphatic rings. The molecule has 1 aliphatic carbocycles. The van der Waals surface area contributed by atoms with E-state index in [1.165, 1.54) is 6.26 Å². The molecule has 0 spiro atoms. The summed E-state index contributed by atoms with van der Waals surface area (Å²) in [5.74, 6) is 0.144. The Labute approximate surface area is 121 Å². The highest BCUT2D eigenvalue weighted by Gasteiger charge is 2.34. The topological polar surface area (TPSA) is 57.6 Å². The molecule has 2 rings (SSSR count). The van der Waals surface area contributed by atoms with Gasteiger partial charge in [0, 0.05) is 24.9 Å². The largest absolute Gasteiger partial charge is 0.387 e. The maximum Gasteiger partial charge on any atom is 0.148 e. The SMILES string of the molecule is CC(CS(C)(=O)=O)N(CC(O)c1ccccc1)C1CC1. The van der Waals surface area contributed by atoms with Gasteiger partial charge in [-0.1, -0.05) is 30.3 Å². The summed E-state index contributed by atoms with van der Waals surface area (Å²) in [6.07, 6.45) is 2.88. The third kappa shape index (κ3) is 4.58. The molecule has 1 saturated carbocycles. The van der Waals surface area contributed by atoms with Crippen molar-refractivity contribution < 1.29 is 13.5 Å². The minimum absolute atomic E-state index is 0.0594. The average molecular weight is 297 g/mol. The number of hydrogen-bond acceptors (Lipinski definition) is 4. The van der Waals surface area contributed by atoms with Crippen LogP contribution in [0.15, 0.2) is 30.3 Å². The van der Waals surface area contributed by atoms with E-state index < -0.39 is 15.9 Å². The molecule has 0 amide bonds. The van der Waals surface area contributed by atoms with Gasteiger partial charge in [0.15, 0.2) is 0 Å². The van der Waals surface area contributed by atoms with Gasteiger partial charge in [-0.3, -0.25) is 4.90 Å². The van der Waals surface area contributed by atoms with Crippen molar-refractivity contribution >= 4 is 9.84 Å². The fourth-order valence-electron chi connectivity index (χ4n) is 2.61. The van der Waals surface area contributed by atoms with E-state index in [1.807, 2.05) is 37.3 Å². The van der Waals surface area contributed by atoms with Crippen LogP contribution < -0.4 is 0 Å². The first-order valence-electron chi connectivity index (χ1n) is 7.03. The van der Waals surface area contributed by atoms with Gasteiger partial charge < -0.3 is 5.11 Å². The summed E-state index contributed by atoms with van der Waals surface area (Å²) >= 11 is 0. The molecule has 0 bridgehead atoms. The van der Waals surface area contributed by atoms with E-state index in [0.29, 0.717) is 12.6 Å². The molecule has 20 heavy (non-hydrogen) atoms. The highest BCUT2D eigenvalue weighted by Crippen LogP contribution is 2.30. The number of rotatable bonds is 7. The van der Waals surface area contributed by atoms with Crippen LogP contribution in [0.4, 0.5) is 0 Å². The Morgan fingerprint density at radius 3 is 2.40 bits per heavy atom. The number of sulfone groups is 1. The molecule has 0 aromatic heterocycles. The summed E-state index contributed by atoms with van der Waals surface area (Å²) in [6.45, 7) is 2.42. The van der Waals surface area contributed by atoms with Crippen molar-refractivity contribution in [1.29, 1.82) is 0 Å². The molecular weight excluding hydrogens is 274 g/mol. The third-order valence-corrected chi connectivity index (χ3v) is 4.78. The maximum atomic E-state index is 11.5. The van der Waals surface area contributed by atoms with Crippen molar-refractivity contribution in [3.63, 3.8) is 0 Å². The lowest BCUT2D eigenvalue weighted by Crippen LogP contribution is -2.42. The van der Waals surface area contributed by atoms with Crippen molar-refractivity contribution in [2.45, 2.75) is 38.0 Å². The number of benzene rings is 1. The highest BCUT2D eigenvalue weighted by atomic mass is 32.2. The first-order chi connectivity index (χ1) is 9.37. The van der Waals surface area contributed by atoms with Crippen molar-refractivity contribution in [2.24, 2.45) is 0 Å².